The molecule has 1 aromatic carbocycles. The van der Waals surface area contributed by atoms with E-state index in [1.54, 1.807) is 0 Å². The molecule has 20 heavy (non-hydrogen) atoms. The summed E-state index contributed by atoms with van der Waals surface area (Å²) in [6, 6.07) is 8.36. The number of sulfone groups is 1. The van der Waals surface area contributed by atoms with E-state index in [-0.39, 0.29) is 0 Å². The van der Waals surface area contributed by atoms with Crippen molar-refractivity contribution in [3.63, 3.8) is 0 Å². The Kier molecular flexibility index (Phi) is 4.07. The van der Waals surface area contributed by atoms with Crippen molar-refractivity contribution in [3.8, 4) is 0 Å². The van der Waals surface area contributed by atoms with E-state index >= 15 is 0 Å². The molecule has 0 aromatic heterocycles. The van der Waals surface area contributed by atoms with Crippen LogP contribution in [0.3, 0.4) is 0 Å². The summed E-state index contributed by atoms with van der Waals surface area (Å²) in [5.41, 5.74) is 1.19. The van der Waals surface area contributed by atoms with E-state index in [1.807, 2.05) is 18.2 Å². The Labute approximate surface area is 125 Å². The molecule has 0 aliphatic carbocycles. The zero-order valence-electron chi connectivity index (χ0n) is 11.5. The van der Waals surface area contributed by atoms with E-state index < -0.39 is 9.84 Å². The van der Waals surface area contributed by atoms with Crippen LogP contribution >= 0.6 is 11.6 Å². The largest absolute Gasteiger partial charge is 0.296 e. The van der Waals surface area contributed by atoms with Crippen molar-refractivity contribution in [1.82, 2.24) is 4.90 Å². The predicted molar refractivity (Wildman–Crippen MR) is 81.8 cm³/mol. The normalized spacial score (nSPS) is 29.9. The van der Waals surface area contributed by atoms with Gasteiger partial charge in [-0.05, 0) is 43.4 Å². The highest BCUT2D eigenvalue weighted by atomic mass is 35.5. The number of hydrogen-bond donors (Lipinski definition) is 0. The molecule has 2 aliphatic heterocycles. The number of benzene rings is 1. The quantitative estimate of drug-likeness (QED) is 0.861. The molecule has 2 fully saturated rings. The molecule has 0 bridgehead atoms. The Hall–Kier alpha value is -0.580. The third-order valence-corrected chi connectivity index (χ3v) is 6.63. The first-order valence-electron chi connectivity index (χ1n) is 7.24. The van der Waals surface area contributed by atoms with Crippen LogP contribution in [0.5, 0.6) is 0 Å². The van der Waals surface area contributed by atoms with Crippen LogP contribution in [-0.2, 0) is 9.84 Å². The zero-order chi connectivity index (χ0) is 14.2. The van der Waals surface area contributed by atoms with Crippen molar-refractivity contribution in [3.05, 3.63) is 34.9 Å². The second-order valence-corrected chi connectivity index (χ2v) is 8.58. The van der Waals surface area contributed by atoms with Crippen molar-refractivity contribution in [2.45, 2.75) is 25.3 Å². The van der Waals surface area contributed by atoms with Gasteiger partial charge >= 0.3 is 0 Å². The summed E-state index contributed by atoms with van der Waals surface area (Å²) in [6.07, 6.45) is 3.09. The zero-order valence-corrected chi connectivity index (χ0v) is 13.0. The van der Waals surface area contributed by atoms with E-state index in [2.05, 4.69) is 11.0 Å². The van der Waals surface area contributed by atoms with Crippen LogP contribution in [0.4, 0.5) is 0 Å². The lowest BCUT2D eigenvalue weighted by Gasteiger charge is -2.27. The first-order valence-corrected chi connectivity index (χ1v) is 9.44. The van der Waals surface area contributed by atoms with Gasteiger partial charge in [0, 0.05) is 17.6 Å². The molecule has 2 heterocycles. The van der Waals surface area contributed by atoms with Gasteiger partial charge in [0.1, 0.15) is 0 Å². The molecule has 110 valence electrons. The Morgan fingerprint density at radius 3 is 2.75 bits per heavy atom. The third-order valence-electron chi connectivity index (χ3n) is 4.45. The van der Waals surface area contributed by atoms with Crippen molar-refractivity contribution >= 4 is 21.4 Å². The molecule has 2 atom stereocenters. The highest BCUT2D eigenvalue weighted by Gasteiger charge is 2.33. The molecule has 0 amide bonds. The number of halogens is 1. The molecule has 0 radical (unpaired) electrons. The van der Waals surface area contributed by atoms with Gasteiger partial charge in [0.2, 0.25) is 0 Å². The SMILES string of the molecule is O=S1(=O)CC[C@H](CN2CCC[C@@H]2c2ccccc2Cl)C1. The average molecular weight is 314 g/mol. The molecule has 0 unspecified atom stereocenters. The summed E-state index contributed by atoms with van der Waals surface area (Å²) in [5.74, 6) is 1.02. The number of nitrogens with zero attached hydrogens (tertiary/aromatic N) is 1. The molecule has 2 saturated heterocycles. The fraction of sp³-hybridized carbons (Fsp3) is 0.600. The van der Waals surface area contributed by atoms with E-state index in [1.165, 1.54) is 5.56 Å². The molecule has 2 aliphatic rings. The van der Waals surface area contributed by atoms with Gasteiger partial charge in [-0.25, -0.2) is 8.42 Å². The monoisotopic (exact) mass is 313 g/mol. The van der Waals surface area contributed by atoms with Gasteiger partial charge in [-0.3, -0.25) is 4.90 Å². The van der Waals surface area contributed by atoms with Gasteiger partial charge in [-0.15, -0.1) is 0 Å². The minimum Gasteiger partial charge on any atom is -0.296 e. The fourth-order valence-corrected chi connectivity index (χ4v) is 5.60. The minimum absolute atomic E-state index is 0.295. The standard InChI is InChI=1S/C15H20ClNO2S/c16-14-5-2-1-4-13(14)15-6-3-8-17(15)10-12-7-9-20(18,19)11-12/h1-2,4-5,12,15H,3,6-11H2/t12-,15-/m1/s1. The molecule has 0 spiro atoms. The summed E-state index contributed by atoms with van der Waals surface area (Å²) in [6.45, 7) is 1.93. The summed E-state index contributed by atoms with van der Waals surface area (Å²) >= 11 is 6.31. The lowest BCUT2D eigenvalue weighted by molar-refractivity contribution is 0.224. The van der Waals surface area contributed by atoms with Crippen LogP contribution in [0.25, 0.3) is 0 Å². The van der Waals surface area contributed by atoms with Gasteiger partial charge in [-0.1, -0.05) is 29.8 Å². The molecule has 3 rings (SSSR count). The summed E-state index contributed by atoms with van der Waals surface area (Å²) in [7, 11) is -2.78. The third kappa shape index (κ3) is 3.02. The first kappa shape index (κ1) is 14.4. The topological polar surface area (TPSA) is 37.4 Å². The molecule has 3 nitrogen and oxygen atoms in total. The van der Waals surface area contributed by atoms with E-state index in [0.29, 0.717) is 23.5 Å². The van der Waals surface area contributed by atoms with Gasteiger partial charge in [0.05, 0.1) is 11.5 Å². The highest BCUT2D eigenvalue weighted by molar-refractivity contribution is 7.91. The Morgan fingerprint density at radius 2 is 2.05 bits per heavy atom. The number of likely N-dealkylation sites (tertiary alicyclic amines) is 1. The molecule has 0 saturated carbocycles. The Bertz CT molecular complexity index is 587. The summed E-state index contributed by atoms with van der Waals surface area (Å²) < 4.78 is 23.2. The highest BCUT2D eigenvalue weighted by Crippen LogP contribution is 2.36. The van der Waals surface area contributed by atoms with Crippen molar-refractivity contribution in [2.24, 2.45) is 5.92 Å². The smallest absolute Gasteiger partial charge is 0.150 e. The van der Waals surface area contributed by atoms with Gasteiger partial charge in [0.15, 0.2) is 9.84 Å². The molecule has 1 aromatic rings. The lowest BCUT2D eigenvalue weighted by Crippen LogP contribution is -2.30. The van der Waals surface area contributed by atoms with Crippen LogP contribution in [0.15, 0.2) is 24.3 Å². The van der Waals surface area contributed by atoms with Crippen LogP contribution in [0, 0.1) is 5.92 Å². The first-order chi connectivity index (χ1) is 9.55. The summed E-state index contributed by atoms with van der Waals surface area (Å²) in [4.78, 5) is 2.42. The maximum atomic E-state index is 11.6. The van der Waals surface area contributed by atoms with E-state index in [0.717, 1.165) is 37.4 Å². The Balaban J connectivity index is 1.72. The molecule has 5 heteroatoms. The van der Waals surface area contributed by atoms with Crippen LogP contribution in [0.1, 0.15) is 30.9 Å². The van der Waals surface area contributed by atoms with Crippen molar-refractivity contribution in [2.75, 3.05) is 24.6 Å². The van der Waals surface area contributed by atoms with Crippen molar-refractivity contribution in [1.29, 1.82) is 0 Å². The predicted octanol–water partition coefficient (Wildman–Crippen LogP) is 2.91. The second kappa shape index (κ2) is 5.66. The fourth-order valence-electron chi connectivity index (χ4n) is 3.49. The van der Waals surface area contributed by atoms with Crippen LogP contribution < -0.4 is 0 Å². The Morgan fingerprint density at radius 1 is 1.25 bits per heavy atom. The molecular formula is C15H20ClNO2S. The second-order valence-electron chi connectivity index (χ2n) is 5.94. The molecular weight excluding hydrogens is 294 g/mol. The van der Waals surface area contributed by atoms with E-state index in [9.17, 15) is 8.42 Å². The number of rotatable bonds is 3. The van der Waals surface area contributed by atoms with Crippen LogP contribution in [-0.4, -0.2) is 37.9 Å². The van der Waals surface area contributed by atoms with Gasteiger partial charge in [-0.2, -0.15) is 0 Å². The minimum atomic E-state index is -2.78. The maximum absolute atomic E-state index is 11.6. The van der Waals surface area contributed by atoms with Crippen molar-refractivity contribution < 1.29 is 8.42 Å². The summed E-state index contributed by atoms with van der Waals surface area (Å²) in [5, 5.41) is 0.823. The number of hydrogen-bond acceptors (Lipinski definition) is 3. The van der Waals surface area contributed by atoms with Gasteiger partial charge < -0.3 is 0 Å². The van der Waals surface area contributed by atoms with Crippen LogP contribution in [0.2, 0.25) is 5.02 Å². The van der Waals surface area contributed by atoms with E-state index in [4.69, 9.17) is 11.6 Å². The molecule has 0 N–H and O–H groups in total. The van der Waals surface area contributed by atoms with Gasteiger partial charge in [0.25, 0.3) is 0 Å². The average Bonchev–Trinajstić information content (AvgIpc) is 2.97. The maximum Gasteiger partial charge on any atom is 0.150 e. The lowest BCUT2D eigenvalue weighted by atomic mass is 10.0.